The molecule has 0 aromatic heterocycles. The lowest BCUT2D eigenvalue weighted by atomic mass is 9.31. The number of aryl methyl sites for hydroxylation is 8. The number of benzene rings is 14. The highest BCUT2D eigenvalue weighted by atomic mass is 16.5. The number of nitrogens with zero attached hydrogens (tertiary/aromatic N) is 2. The zero-order chi connectivity index (χ0) is 60.5. The fourth-order valence-electron chi connectivity index (χ4n) is 16.8. The Morgan fingerprint density at radius 2 is 0.633 bits per heavy atom. The first kappa shape index (κ1) is 52.6. The molecule has 0 fully saturated rings. The Kier molecular flexibility index (Phi) is 11.4. The molecule has 6 heteroatoms. The molecule has 0 amide bonds. The van der Waals surface area contributed by atoms with Crippen LogP contribution in [0.1, 0.15) is 44.5 Å². The summed E-state index contributed by atoms with van der Waals surface area (Å²) in [6.07, 6.45) is 0. The monoisotopic (exact) mass is 1150 g/mol. The van der Waals surface area contributed by atoms with Crippen LogP contribution < -0.4 is 52.1 Å². The van der Waals surface area contributed by atoms with E-state index >= 15 is 0 Å². The quantitative estimate of drug-likeness (QED) is 0.112. The SMILES string of the molecule is Cc1cc(C)c(-c2cc3c4c(cc5c(-c6c(C)cc(C)cc6C)cc6c7c(cc2c4c57)B2c4ccc(N(c5ccccc5)c5ccccc5)cc4Oc4cc(N(c5ccccc5)c5ccccc5)cc-6c42)B2c4ccc(C)cc4Oc4cc(C)cc-3c42)c(C)c1. The fourth-order valence-corrected chi connectivity index (χ4v) is 16.8. The van der Waals surface area contributed by atoms with Crippen LogP contribution in [0.4, 0.5) is 34.1 Å². The van der Waals surface area contributed by atoms with Crippen molar-refractivity contribution in [2.24, 2.45) is 0 Å². The van der Waals surface area contributed by atoms with Crippen molar-refractivity contribution in [2.45, 2.75) is 55.4 Å². The van der Waals surface area contributed by atoms with Crippen LogP contribution in [0.2, 0.25) is 0 Å². The Hall–Kier alpha value is -10.6. The summed E-state index contributed by atoms with van der Waals surface area (Å²) in [5, 5.41) is 7.82. The van der Waals surface area contributed by atoms with E-state index in [1.54, 1.807) is 0 Å². The molecule has 14 aromatic rings. The van der Waals surface area contributed by atoms with Gasteiger partial charge in [0.1, 0.15) is 23.0 Å². The number of hydrogen-bond donors (Lipinski definition) is 0. The Morgan fingerprint density at radius 1 is 0.256 bits per heavy atom. The topological polar surface area (TPSA) is 24.9 Å². The third-order valence-corrected chi connectivity index (χ3v) is 20.0. The van der Waals surface area contributed by atoms with Gasteiger partial charge in [-0.3, -0.25) is 0 Å². The third kappa shape index (κ3) is 7.64. The van der Waals surface area contributed by atoms with Crippen LogP contribution in [-0.2, 0) is 0 Å². The van der Waals surface area contributed by atoms with Crippen molar-refractivity contribution in [2.75, 3.05) is 9.80 Å². The van der Waals surface area contributed by atoms with Crippen molar-refractivity contribution < 1.29 is 9.47 Å². The minimum atomic E-state index is -0.199. The summed E-state index contributed by atoms with van der Waals surface area (Å²) in [6.45, 7) is 17.9. The average Bonchev–Trinajstić information content (AvgIpc) is 0.669. The van der Waals surface area contributed by atoms with E-state index in [-0.39, 0.29) is 13.4 Å². The zero-order valence-electron chi connectivity index (χ0n) is 51.8. The minimum absolute atomic E-state index is 0.0661. The van der Waals surface area contributed by atoms with Crippen molar-refractivity contribution in [1.29, 1.82) is 0 Å². The molecule has 4 heterocycles. The summed E-state index contributed by atoms with van der Waals surface area (Å²) < 4.78 is 14.8. The van der Waals surface area contributed by atoms with Gasteiger partial charge in [-0.15, -0.1) is 0 Å². The van der Waals surface area contributed by atoms with E-state index in [9.17, 15) is 0 Å². The van der Waals surface area contributed by atoms with Crippen molar-refractivity contribution in [3.05, 3.63) is 275 Å². The van der Waals surface area contributed by atoms with Gasteiger partial charge >= 0.3 is 0 Å². The largest absolute Gasteiger partial charge is 0.458 e. The van der Waals surface area contributed by atoms with Crippen molar-refractivity contribution in [3.63, 3.8) is 0 Å². The third-order valence-electron chi connectivity index (χ3n) is 20.0. The van der Waals surface area contributed by atoms with Crippen LogP contribution in [0, 0.1) is 55.4 Å². The Balaban J connectivity index is 1.04. The maximum absolute atomic E-state index is 7.70. The first-order valence-corrected chi connectivity index (χ1v) is 31.7. The van der Waals surface area contributed by atoms with E-state index in [2.05, 4.69) is 296 Å². The molecule has 0 radical (unpaired) electrons. The molecule has 4 nitrogen and oxygen atoms in total. The number of ether oxygens (including phenoxy) is 2. The molecule has 0 aliphatic carbocycles. The Morgan fingerprint density at radius 3 is 1.10 bits per heavy atom. The van der Waals surface area contributed by atoms with Gasteiger partial charge in [0, 0.05) is 40.6 Å². The van der Waals surface area contributed by atoms with E-state index in [4.69, 9.17) is 9.47 Å². The Bertz CT molecular complexity index is 5280. The molecule has 426 valence electrons. The maximum Gasteiger partial charge on any atom is 0.252 e. The number of rotatable bonds is 8. The van der Waals surface area contributed by atoms with Gasteiger partial charge in [0.25, 0.3) is 13.4 Å². The molecule has 0 spiro atoms. The minimum Gasteiger partial charge on any atom is -0.458 e. The zero-order valence-corrected chi connectivity index (χ0v) is 51.8. The van der Waals surface area contributed by atoms with E-state index < -0.39 is 0 Å². The lowest BCUT2D eigenvalue weighted by molar-refractivity contribution is 0.487. The second-order valence-corrected chi connectivity index (χ2v) is 26.0. The van der Waals surface area contributed by atoms with E-state index in [0.717, 1.165) is 62.6 Å². The highest BCUT2D eigenvalue weighted by Crippen LogP contribution is 2.54. The molecular weight excluding hydrogens is 1090 g/mol. The smallest absolute Gasteiger partial charge is 0.252 e. The van der Waals surface area contributed by atoms with Crippen LogP contribution in [0.15, 0.2) is 231 Å². The number of para-hydroxylation sites is 4. The van der Waals surface area contributed by atoms with Gasteiger partial charge in [-0.05, 0) is 272 Å². The fraction of sp³-hybridized carbons (Fsp3) is 0.0952. The van der Waals surface area contributed by atoms with E-state index in [1.165, 1.54) is 149 Å². The molecule has 14 aromatic carbocycles. The predicted octanol–water partition coefficient (Wildman–Crippen LogP) is 18.5. The second-order valence-electron chi connectivity index (χ2n) is 26.0. The van der Waals surface area contributed by atoms with Crippen molar-refractivity contribution in [1.82, 2.24) is 0 Å². The molecule has 0 atom stereocenters. The Labute approximate surface area is 526 Å². The van der Waals surface area contributed by atoms with Crippen LogP contribution in [-0.4, -0.2) is 13.4 Å². The average molecular weight is 1150 g/mol. The molecule has 0 unspecified atom stereocenters. The van der Waals surface area contributed by atoms with Gasteiger partial charge in [0.05, 0.1) is 5.69 Å². The normalized spacial score (nSPS) is 12.8. The van der Waals surface area contributed by atoms with Crippen molar-refractivity contribution >= 4 is 113 Å². The number of anilines is 6. The van der Waals surface area contributed by atoms with Gasteiger partial charge in [-0.25, -0.2) is 0 Å². The van der Waals surface area contributed by atoms with Gasteiger partial charge in [-0.2, -0.15) is 0 Å². The molecule has 0 saturated carbocycles. The standard InChI is InChI=1S/C84H62B2N2O2/c1-47-29-31-69-73(38-47)89-75-39-50(4)37-67-63-43-61(77-51(5)33-48(2)34-52(77)6)65-46-72-80-64(44-62(78-53(7)35-49(3)36-54(78)8)66-45-71(85(69)83(67)75)79(63)81(65)82(66)80)68-40-60(88(57-25-17-11-18-26-57)58-27-19-12-20-28-58)42-76-84(68)86(72)70-32-30-59(41-74(70)90-76)87(55-21-13-9-14-22-55)56-23-15-10-16-24-56/h9-46H,1-8H3. The van der Waals surface area contributed by atoms with Gasteiger partial charge in [-0.1, -0.05) is 156 Å². The van der Waals surface area contributed by atoms with Crippen LogP contribution in [0.3, 0.4) is 0 Å². The van der Waals surface area contributed by atoms with Crippen LogP contribution >= 0.6 is 0 Å². The second kappa shape index (κ2) is 19.5. The lowest BCUT2D eigenvalue weighted by Crippen LogP contribution is -2.58. The summed E-state index contributed by atoms with van der Waals surface area (Å²) in [7, 11) is 0. The summed E-state index contributed by atoms with van der Waals surface area (Å²) in [5.74, 6) is 3.59. The van der Waals surface area contributed by atoms with Crippen LogP contribution in [0.25, 0.3) is 76.8 Å². The molecule has 4 aliphatic rings. The summed E-state index contributed by atoms with van der Waals surface area (Å²) >= 11 is 0. The molecule has 4 aliphatic heterocycles. The summed E-state index contributed by atoms with van der Waals surface area (Å²) in [6, 6.07) is 86.4. The molecular formula is C84H62B2N2O2. The lowest BCUT2D eigenvalue weighted by Gasteiger charge is -2.38. The molecule has 0 N–H and O–H groups in total. The van der Waals surface area contributed by atoms with E-state index in [1.807, 2.05) is 0 Å². The maximum atomic E-state index is 7.70. The highest BCUT2D eigenvalue weighted by Gasteiger charge is 2.45. The van der Waals surface area contributed by atoms with Gasteiger partial charge in [0.2, 0.25) is 0 Å². The number of fused-ring (bicyclic) bond motifs is 8. The molecule has 0 bridgehead atoms. The summed E-state index contributed by atoms with van der Waals surface area (Å²) in [5.41, 5.74) is 33.7. The first-order valence-electron chi connectivity index (χ1n) is 31.7. The van der Waals surface area contributed by atoms with E-state index in [0.29, 0.717) is 0 Å². The van der Waals surface area contributed by atoms with Gasteiger partial charge in [0.15, 0.2) is 0 Å². The summed E-state index contributed by atoms with van der Waals surface area (Å²) in [4.78, 5) is 4.75. The molecule has 90 heavy (non-hydrogen) atoms. The molecule has 0 saturated heterocycles. The molecule has 18 rings (SSSR count). The predicted molar refractivity (Wildman–Crippen MR) is 381 cm³/mol. The highest BCUT2D eigenvalue weighted by molar-refractivity contribution is 7.01. The van der Waals surface area contributed by atoms with Crippen molar-refractivity contribution in [3.8, 4) is 67.5 Å². The van der Waals surface area contributed by atoms with Crippen LogP contribution in [0.5, 0.6) is 23.0 Å². The van der Waals surface area contributed by atoms with Gasteiger partial charge < -0.3 is 19.3 Å². The number of hydrogen-bond acceptors (Lipinski definition) is 4. The first-order chi connectivity index (χ1) is 43.9.